The molecule has 1 aromatic heterocycles. The van der Waals surface area contributed by atoms with Crippen LogP contribution in [0.25, 0.3) is 11.0 Å². The largest absolute Gasteiger partial charge is 0.493 e. The molecular weight excluding hydrogens is 330 g/mol. The Balaban J connectivity index is 1.99. The van der Waals surface area contributed by atoms with Crippen LogP contribution in [0.1, 0.15) is 11.6 Å². The number of fused-ring (bicyclic) bond motifs is 3. The van der Waals surface area contributed by atoms with Gasteiger partial charge in [-0.2, -0.15) is 5.26 Å². The highest BCUT2D eigenvalue weighted by Crippen LogP contribution is 2.40. The molecular formula is C19H17N5O2. The number of hydrogen-bond acceptors (Lipinski definition) is 6. The van der Waals surface area contributed by atoms with Crippen molar-refractivity contribution < 1.29 is 9.47 Å². The first-order valence-electron chi connectivity index (χ1n) is 8.03. The summed E-state index contributed by atoms with van der Waals surface area (Å²) >= 11 is 0. The number of rotatable bonds is 3. The van der Waals surface area contributed by atoms with E-state index >= 15 is 0 Å². The summed E-state index contributed by atoms with van der Waals surface area (Å²) in [6, 6.07) is 15.2. The summed E-state index contributed by atoms with van der Waals surface area (Å²) < 4.78 is 12.7. The zero-order valence-corrected chi connectivity index (χ0v) is 14.4. The normalized spacial score (nSPS) is 16.0. The highest BCUT2D eigenvalue weighted by Gasteiger charge is 2.31. The maximum absolute atomic E-state index is 9.74. The van der Waals surface area contributed by atoms with Gasteiger partial charge in [0, 0.05) is 0 Å². The number of nitrogens with one attached hydrogen (secondary N) is 1. The Bertz CT molecular complexity index is 1080. The summed E-state index contributed by atoms with van der Waals surface area (Å²) in [6.07, 6.45) is 0. The summed E-state index contributed by atoms with van der Waals surface area (Å²) in [5.74, 6) is 2.11. The van der Waals surface area contributed by atoms with Gasteiger partial charge >= 0.3 is 0 Å². The average molecular weight is 347 g/mol. The van der Waals surface area contributed by atoms with E-state index < -0.39 is 6.04 Å². The highest BCUT2D eigenvalue weighted by atomic mass is 16.5. The Morgan fingerprint density at radius 2 is 1.92 bits per heavy atom. The number of imidazole rings is 1. The Morgan fingerprint density at radius 3 is 2.65 bits per heavy atom. The third-order valence-electron chi connectivity index (χ3n) is 4.51. The fourth-order valence-electron chi connectivity index (χ4n) is 3.32. The third kappa shape index (κ3) is 2.24. The van der Waals surface area contributed by atoms with Crippen molar-refractivity contribution >= 4 is 17.0 Å². The van der Waals surface area contributed by atoms with Crippen LogP contribution < -0.4 is 20.5 Å². The van der Waals surface area contributed by atoms with Gasteiger partial charge in [0.25, 0.3) is 0 Å². The van der Waals surface area contributed by atoms with E-state index in [1.165, 1.54) is 0 Å². The summed E-state index contributed by atoms with van der Waals surface area (Å²) in [4.78, 5) is 4.60. The zero-order valence-electron chi connectivity index (χ0n) is 14.4. The van der Waals surface area contributed by atoms with Crippen LogP contribution >= 0.6 is 0 Å². The lowest BCUT2D eigenvalue weighted by Gasteiger charge is -2.28. The first-order valence-corrected chi connectivity index (χ1v) is 8.03. The Hall–Kier alpha value is -3.66. The molecule has 0 saturated heterocycles. The lowest BCUT2D eigenvalue weighted by Crippen LogP contribution is -2.27. The van der Waals surface area contributed by atoms with E-state index in [0.29, 0.717) is 28.8 Å². The predicted molar refractivity (Wildman–Crippen MR) is 97.9 cm³/mol. The van der Waals surface area contributed by atoms with Crippen molar-refractivity contribution in [3.05, 3.63) is 59.4 Å². The second-order valence-corrected chi connectivity index (χ2v) is 5.88. The molecule has 0 saturated carbocycles. The minimum Gasteiger partial charge on any atom is -0.493 e. The number of nitrogens with two attached hydrogens (primary N) is 1. The molecule has 0 spiro atoms. The van der Waals surface area contributed by atoms with Gasteiger partial charge in [-0.3, -0.25) is 4.57 Å². The van der Waals surface area contributed by atoms with Gasteiger partial charge in [0.05, 0.1) is 30.8 Å². The van der Waals surface area contributed by atoms with E-state index in [1.807, 2.05) is 47.0 Å². The van der Waals surface area contributed by atoms with Crippen molar-refractivity contribution in [2.24, 2.45) is 5.73 Å². The molecule has 0 bridgehead atoms. The van der Waals surface area contributed by atoms with Crippen LogP contribution in [-0.4, -0.2) is 23.8 Å². The minimum absolute atomic E-state index is 0.301. The molecule has 1 atom stereocenters. The van der Waals surface area contributed by atoms with Crippen molar-refractivity contribution in [1.29, 1.82) is 5.26 Å². The molecule has 2 aromatic carbocycles. The minimum atomic E-state index is -0.413. The molecule has 1 aliphatic rings. The van der Waals surface area contributed by atoms with Crippen LogP contribution in [0.3, 0.4) is 0 Å². The SMILES string of the molecule is COc1ccc([C@H]2C(C#N)=C(N)Nc3nc4ccccc4n32)cc1OC. The number of nitriles is 1. The number of anilines is 1. The smallest absolute Gasteiger partial charge is 0.210 e. The van der Waals surface area contributed by atoms with Gasteiger partial charge in [-0.15, -0.1) is 0 Å². The van der Waals surface area contributed by atoms with Crippen LogP contribution in [-0.2, 0) is 0 Å². The molecule has 130 valence electrons. The average Bonchev–Trinajstić information content (AvgIpc) is 3.04. The predicted octanol–water partition coefficient (Wildman–Crippen LogP) is 2.76. The lowest BCUT2D eigenvalue weighted by atomic mass is 9.97. The number of methoxy groups -OCH3 is 2. The molecule has 2 heterocycles. The van der Waals surface area contributed by atoms with Crippen LogP contribution in [0.2, 0.25) is 0 Å². The maximum atomic E-state index is 9.74. The van der Waals surface area contributed by atoms with Crippen molar-refractivity contribution in [1.82, 2.24) is 9.55 Å². The van der Waals surface area contributed by atoms with E-state index in [1.54, 1.807) is 14.2 Å². The molecule has 0 unspecified atom stereocenters. The van der Waals surface area contributed by atoms with Gasteiger partial charge in [-0.05, 0) is 29.8 Å². The molecule has 0 amide bonds. The summed E-state index contributed by atoms with van der Waals surface area (Å²) in [5.41, 5.74) is 9.13. The van der Waals surface area contributed by atoms with Gasteiger partial charge in [0.1, 0.15) is 17.9 Å². The lowest BCUT2D eigenvalue weighted by molar-refractivity contribution is 0.354. The van der Waals surface area contributed by atoms with Crippen LogP contribution in [0, 0.1) is 11.3 Å². The highest BCUT2D eigenvalue weighted by molar-refractivity contribution is 5.80. The van der Waals surface area contributed by atoms with Gasteiger partial charge in [0.15, 0.2) is 11.5 Å². The zero-order chi connectivity index (χ0) is 18.3. The number of ether oxygens (including phenoxy) is 2. The third-order valence-corrected chi connectivity index (χ3v) is 4.51. The fraction of sp³-hybridized carbons (Fsp3) is 0.158. The summed E-state index contributed by atoms with van der Waals surface area (Å²) in [5, 5.41) is 12.8. The second-order valence-electron chi connectivity index (χ2n) is 5.88. The van der Waals surface area contributed by atoms with Gasteiger partial charge < -0.3 is 20.5 Å². The number of allylic oxidation sites excluding steroid dienone is 1. The monoisotopic (exact) mass is 347 g/mol. The molecule has 4 rings (SSSR count). The van der Waals surface area contributed by atoms with Crippen LogP contribution in [0.5, 0.6) is 11.5 Å². The van der Waals surface area contributed by atoms with Gasteiger partial charge in [0.2, 0.25) is 5.95 Å². The standard InChI is InChI=1S/C19H17N5O2/c1-25-15-8-7-11(9-16(15)26-2)17-12(10-20)18(21)23-19-22-13-5-3-4-6-14(13)24(17)19/h3-9,17H,21H2,1-2H3,(H,22,23)/t17-/m0/s1. The van der Waals surface area contributed by atoms with Crippen molar-refractivity contribution in [3.8, 4) is 17.6 Å². The molecule has 26 heavy (non-hydrogen) atoms. The topological polar surface area (TPSA) is 98.1 Å². The number of nitrogens with zero attached hydrogens (tertiary/aromatic N) is 3. The summed E-state index contributed by atoms with van der Waals surface area (Å²) in [6.45, 7) is 0. The van der Waals surface area contributed by atoms with Crippen LogP contribution in [0.15, 0.2) is 53.9 Å². The first-order chi connectivity index (χ1) is 12.7. The molecule has 0 fully saturated rings. The Morgan fingerprint density at radius 1 is 1.15 bits per heavy atom. The number of hydrogen-bond donors (Lipinski definition) is 2. The van der Waals surface area contributed by atoms with E-state index in [2.05, 4.69) is 16.4 Å². The van der Waals surface area contributed by atoms with E-state index in [4.69, 9.17) is 15.2 Å². The number of para-hydroxylation sites is 2. The molecule has 7 nitrogen and oxygen atoms in total. The molecule has 3 N–H and O–H groups in total. The molecule has 3 aromatic rings. The number of aromatic nitrogens is 2. The Kier molecular flexibility index (Phi) is 3.66. The fourth-order valence-corrected chi connectivity index (χ4v) is 3.32. The number of benzene rings is 2. The van der Waals surface area contributed by atoms with Crippen molar-refractivity contribution in [2.45, 2.75) is 6.04 Å². The van der Waals surface area contributed by atoms with E-state index in [-0.39, 0.29) is 0 Å². The van der Waals surface area contributed by atoms with E-state index in [9.17, 15) is 5.26 Å². The van der Waals surface area contributed by atoms with Crippen molar-refractivity contribution in [3.63, 3.8) is 0 Å². The molecule has 1 aliphatic heterocycles. The van der Waals surface area contributed by atoms with Gasteiger partial charge in [-0.1, -0.05) is 18.2 Å². The first kappa shape index (κ1) is 15.8. The molecule has 0 aliphatic carbocycles. The maximum Gasteiger partial charge on any atom is 0.210 e. The Labute approximate surface area is 150 Å². The quantitative estimate of drug-likeness (QED) is 0.756. The summed E-state index contributed by atoms with van der Waals surface area (Å²) in [7, 11) is 3.17. The second kappa shape index (κ2) is 6.01. The van der Waals surface area contributed by atoms with Crippen molar-refractivity contribution in [2.75, 3.05) is 19.5 Å². The molecule has 7 heteroatoms. The van der Waals surface area contributed by atoms with Gasteiger partial charge in [-0.25, -0.2) is 4.98 Å². The van der Waals surface area contributed by atoms with E-state index in [0.717, 1.165) is 16.6 Å². The molecule has 0 radical (unpaired) electrons. The van der Waals surface area contributed by atoms with Crippen LogP contribution in [0.4, 0.5) is 5.95 Å².